The first-order valence-electron chi connectivity index (χ1n) is 13.8. The lowest BCUT2D eigenvalue weighted by Crippen LogP contribution is -2.36. The van der Waals surface area contributed by atoms with Gasteiger partial charge < -0.3 is 19.3 Å². The summed E-state index contributed by atoms with van der Waals surface area (Å²) >= 11 is 0. The van der Waals surface area contributed by atoms with Crippen LogP contribution in [-0.4, -0.2) is 54.6 Å². The predicted octanol–water partition coefficient (Wildman–Crippen LogP) is 7.19. The predicted molar refractivity (Wildman–Crippen MR) is 142 cm³/mol. The fourth-order valence-electron chi connectivity index (χ4n) is 3.62. The van der Waals surface area contributed by atoms with Crippen molar-refractivity contribution in [3.8, 4) is 0 Å². The zero-order valence-electron chi connectivity index (χ0n) is 23.3. The summed E-state index contributed by atoms with van der Waals surface area (Å²) in [5.41, 5.74) is -0.903. The second-order valence-electron chi connectivity index (χ2n) is 10.9. The zero-order chi connectivity index (χ0) is 25.7. The van der Waals surface area contributed by atoms with Gasteiger partial charge in [-0.3, -0.25) is 4.79 Å². The van der Waals surface area contributed by atoms with Crippen LogP contribution in [0.2, 0.25) is 0 Å². The highest BCUT2D eigenvalue weighted by molar-refractivity contribution is 5.86. The van der Waals surface area contributed by atoms with E-state index in [4.69, 9.17) is 14.2 Å². The lowest BCUT2D eigenvalue weighted by Gasteiger charge is -2.24. The lowest BCUT2D eigenvalue weighted by atomic mass is 9.97. The Bertz CT molecular complexity index is 507. The van der Waals surface area contributed by atoms with Gasteiger partial charge in [-0.15, -0.1) is 0 Å². The molecule has 0 heterocycles. The number of hydrogen-bond donors (Lipinski definition) is 1. The van der Waals surface area contributed by atoms with E-state index in [0.29, 0.717) is 32.8 Å². The standard InChI is InChI=1S/C29H56O5/c1-7-8-9-16-19-26(30)20-17-14-12-10-11-13-15-18-21-27(31)29(5,6)34-25-23-32-22-24-33-28(2,3)4/h14,17,26,30H,7-13,15-16,18-25H2,1-6H3/b17-14-. The molecule has 0 aromatic rings. The van der Waals surface area contributed by atoms with Crippen molar-refractivity contribution in [2.24, 2.45) is 0 Å². The van der Waals surface area contributed by atoms with Gasteiger partial charge in [-0.05, 0) is 66.7 Å². The molecule has 0 radical (unpaired) electrons. The van der Waals surface area contributed by atoms with E-state index in [1.54, 1.807) is 0 Å². The first-order valence-corrected chi connectivity index (χ1v) is 13.8. The van der Waals surface area contributed by atoms with Crippen LogP contribution in [-0.2, 0) is 19.0 Å². The second kappa shape index (κ2) is 20.4. The van der Waals surface area contributed by atoms with Crippen molar-refractivity contribution in [1.82, 2.24) is 0 Å². The number of hydrogen-bond acceptors (Lipinski definition) is 5. The van der Waals surface area contributed by atoms with Gasteiger partial charge >= 0.3 is 0 Å². The molecule has 0 bridgehead atoms. The van der Waals surface area contributed by atoms with E-state index in [2.05, 4.69) is 19.1 Å². The molecule has 0 rings (SSSR count). The molecule has 5 heteroatoms. The largest absolute Gasteiger partial charge is 0.393 e. The van der Waals surface area contributed by atoms with Gasteiger partial charge in [0.15, 0.2) is 5.78 Å². The van der Waals surface area contributed by atoms with Crippen LogP contribution in [0.3, 0.4) is 0 Å². The van der Waals surface area contributed by atoms with E-state index in [9.17, 15) is 9.90 Å². The van der Waals surface area contributed by atoms with Gasteiger partial charge in [-0.2, -0.15) is 0 Å². The van der Waals surface area contributed by atoms with Crippen molar-refractivity contribution >= 4 is 5.78 Å². The number of Topliss-reactive ketones (excluding diaryl/α,β-unsaturated/α-hetero) is 1. The van der Waals surface area contributed by atoms with Crippen LogP contribution in [0.25, 0.3) is 0 Å². The highest BCUT2D eigenvalue weighted by atomic mass is 16.6. The maximum absolute atomic E-state index is 12.5. The van der Waals surface area contributed by atoms with Gasteiger partial charge in [0.05, 0.1) is 38.1 Å². The molecule has 0 aliphatic rings. The number of ketones is 1. The van der Waals surface area contributed by atoms with Gasteiger partial charge in [0.1, 0.15) is 5.60 Å². The molecule has 0 saturated heterocycles. The summed E-state index contributed by atoms with van der Waals surface area (Å²) < 4.78 is 16.9. The molecule has 1 atom stereocenters. The summed E-state index contributed by atoms with van der Waals surface area (Å²) in [6.07, 6.45) is 17.9. The van der Waals surface area contributed by atoms with Gasteiger partial charge in [0.25, 0.3) is 0 Å². The van der Waals surface area contributed by atoms with Crippen molar-refractivity contribution < 1.29 is 24.1 Å². The maximum Gasteiger partial charge on any atom is 0.164 e. The Morgan fingerprint density at radius 3 is 2.09 bits per heavy atom. The summed E-state index contributed by atoms with van der Waals surface area (Å²) in [7, 11) is 0. The topological polar surface area (TPSA) is 65.0 Å². The average molecular weight is 485 g/mol. The van der Waals surface area contributed by atoms with Gasteiger partial charge in [-0.25, -0.2) is 0 Å². The van der Waals surface area contributed by atoms with Crippen LogP contribution >= 0.6 is 0 Å². The molecule has 5 nitrogen and oxygen atoms in total. The van der Waals surface area contributed by atoms with Crippen LogP contribution in [0.4, 0.5) is 0 Å². The summed E-state index contributed by atoms with van der Waals surface area (Å²) in [6, 6.07) is 0. The highest BCUT2D eigenvalue weighted by Gasteiger charge is 2.27. The Morgan fingerprint density at radius 2 is 1.41 bits per heavy atom. The first kappa shape index (κ1) is 33.2. The lowest BCUT2D eigenvalue weighted by molar-refractivity contribution is -0.142. The van der Waals surface area contributed by atoms with Crippen LogP contribution < -0.4 is 0 Å². The van der Waals surface area contributed by atoms with E-state index in [1.165, 1.54) is 32.1 Å². The van der Waals surface area contributed by atoms with Gasteiger partial charge in [-0.1, -0.05) is 64.0 Å². The first-order chi connectivity index (χ1) is 16.1. The molecule has 0 saturated carbocycles. The molecular formula is C29H56O5. The monoisotopic (exact) mass is 484 g/mol. The number of carbonyl (C=O) groups is 1. The van der Waals surface area contributed by atoms with Crippen LogP contribution in [0.1, 0.15) is 125 Å². The molecule has 0 spiro atoms. The Labute approximate surface area is 211 Å². The summed E-state index contributed by atoms with van der Waals surface area (Å²) in [6.45, 7) is 14.0. The minimum Gasteiger partial charge on any atom is -0.393 e. The number of aliphatic hydroxyl groups is 1. The van der Waals surface area contributed by atoms with Gasteiger partial charge in [0.2, 0.25) is 0 Å². The summed E-state index contributed by atoms with van der Waals surface area (Å²) in [4.78, 5) is 12.5. The van der Waals surface area contributed by atoms with E-state index in [-0.39, 0.29) is 17.5 Å². The molecule has 0 aromatic heterocycles. The van der Waals surface area contributed by atoms with Gasteiger partial charge in [0, 0.05) is 6.42 Å². The summed E-state index contributed by atoms with van der Waals surface area (Å²) in [5.74, 6) is 0.166. The fraction of sp³-hybridized carbons (Fsp3) is 0.897. The third-order valence-corrected chi connectivity index (χ3v) is 5.87. The van der Waals surface area contributed by atoms with Crippen molar-refractivity contribution in [2.75, 3.05) is 26.4 Å². The van der Waals surface area contributed by atoms with Crippen LogP contribution in [0.5, 0.6) is 0 Å². The quantitative estimate of drug-likeness (QED) is 0.123. The summed E-state index contributed by atoms with van der Waals surface area (Å²) in [5, 5.41) is 9.97. The van der Waals surface area contributed by atoms with Crippen molar-refractivity contribution in [3.63, 3.8) is 0 Å². The van der Waals surface area contributed by atoms with E-state index in [1.807, 2.05) is 34.6 Å². The molecular weight excluding hydrogens is 428 g/mol. The minimum atomic E-state index is -0.753. The molecule has 34 heavy (non-hydrogen) atoms. The number of carbonyl (C=O) groups excluding carboxylic acids is 1. The molecule has 0 fully saturated rings. The van der Waals surface area contributed by atoms with E-state index >= 15 is 0 Å². The Kier molecular flexibility index (Phi) is 20.0. The number of allylic oxidation sites excluding steroid dienone is 1. The molecule has 1 unspecified atom stereocenters. The maximum atomic E-state index is 12.5. The Morgan fingerprint density at radius 1 is 0.794 bits per heavy atom. The second-order valence-corrected chi connectivity index (χ2v) is 10.9. The number of unbranched alkanes of at least 4 members (excludes halogenated alkanes) is 8. The average Bonchev–Trinajstić information content (AvgIpc) is 2.76. The minimum absolute atomic E-state index is 0.150. The third-order valence-electron chi connectivity index (χ3n) is 5.87. The van der Waals surface area contributed by atoms with Crippen LogP contribution in [0, 0.1) is 0 Å². The van der Waals surface area contributed by atoms with Crippen LogP contribution in [0.15, 0.2) is 12.2 Å². The van der Waals surface area contributed by atoms with E-state index < -0.39 is 5.60 Å². The molecule has 0 amide bonds. The number of rotatable bonds is 23. The number of ether oxygens (including phenoxy) is 3. The van der Waals surface area contributed by atoms with Crippen molar-refractivity contribution in [1.29, 1.82) is 0 Å². The SMILES string of the molecule is CCCCCCC(O)C/C=C\CCCCCCCC(=O)C(C)(C)OCCOCCOC(C)(C)C. The smallest absolute Gasteiger partial charge is 0.164 e. The molecule has 0 aromatic carbocycles. The normalized spacial score (nSPS) is 13.6. The molecule has 202 valence electrons. The van der Waals surface area contributed by atoms with E-state index in [0.717, 1.165) is 44.9 Å². The Hall–Kier alpha value is -0.750. The van der Waals surface area contributed by atoms with Crippen molar-refractivity contribution in [2.45, 2.75) is 142 Å². The van der Waals surface area contributed by atoms with Crippen molar-refractivity contribution in [3.05, 3.63) is 12.2 Å². The third kappa shape index (κ3) is 21.8. The Balaban J connectivity index is 3.63. The zero-order valence-corrected chi connectivity index (χ0v) is 23.3. The fourth-order valence-corrected chi connectivity index (χ4v) is 3.62. The molecule has 0 aliphatic heterocycles. The highest BCUT2D eigenvalue weighted by Crippen LogP contribution is 2.17. The molecule has 1 N–H and O–H groups in total. The molecule has 0 aliphatic carbocycles. The number of aliphatic hydroxyl groups excluding tert-OH is 1.